The molecule has 2 aromatic rings. The van der Waals surface area contributed by atoms with Gasteiger partial charge in [-0.25, -0.2) is 0 Å². The molecule has 2 fully saturated rings. The van der Waals surface area contributed by atoms with Gasteiger partial charge in [-0.3, -0.25) is 4.99 Å². The smallest absolute Gasteiger partial charge is 0.193 e. The SMILES string of the molecule is CN=C(NCC1(c2ccccc2)CCOCC1)N1CCC(c2ccc(OC)cc2)C1.I. The van der Waals surface area contributed by atoms with Gasteiger partial charge in [-0.05, 0) is 42.5 Å². The highest BCUT2D eigenvalue weighted by Crippen LogP contribution is 2.34. The van der Waals surface area contributed by atoms with Gasteiger partial charge in [0.15, 0.2) is 5.96 Å². The van der Waals surface area contributed by atoms with Gasteiger partial charge >= 0.3 is 0 Å². The minimum Gasteiger partial charge on any atom is -0.497 e. The molecule has 2 saturated heterocycles. The summed E-state index contributed by atoms with van der Waals surface area (Å²) >= 11 is 0. The lowest BCUT2D eigenvalue weighted by Crippen LogP contribution is -2.48. The number of methoxy groups -OCH3 is 1. The van der Waals surface area contributed by atoms with Crippen LogP contribution in [0.2, 0.25) is 0 Å². The summed E-state index contributed by atoms with van der Waals surface area (Å²) in [5.74, 6) is 2.45. The fourth-order valence-electron chi connectivity index (χ4n) is 4.80. The highest BCUT2D eigenvalue weighted by molar-refractivity contribution is 14.0. The van der Waals surface area contributed by atoms with Gasteiger partial charge in [0.05, 0.1) is 7.11 Å². The molecule has 1 atom stereocenters. The van der Waals surface area contributed by atoms with Gasteiger partial charge in [0.2, 0.25) is 0 Å². The number of rotatable bonds is 5. The van der Waals surface area contributed by atoms with Crippen LogP contribution in [0.1, 0.15) is 36.3 Å². The molecule has 2 aliphatic heterocycles. The summed E-state index contributed by atoms with van der Waals surface area (Å²) in [6.45, 7) is 4.54. The van der Waals surface area contributed by atoms with Crippen molar-refractivity contribution in [3.63, 3.8) is 0 Å². The van der Waals surface area contributed by atoms with Crippen LogP contribution in [-0.2, 0) is 10.2 Å². The summed E-state index contributed by atoms with van der Waals surface area (Å²) < 4.78 is 11.0. The third-order valence-electron chi connectivity index (χ3n) is 6.71. The Kier molecular flexibility index (Phi) is 8.60. The average molecular weight is 535 g/mol. The maximum atomic E-state index is 5.68. The van der Waals surface area contributed by atoms with E-state index in [0.717, 1.165) is 63.8 Å². The number of aliphatic imine (C=N–C) groups is 1. The normalized spacial score (nSPS) is 20.8. The minimum absolute atomic E-state index is 0. The number of hydrogen-bond donors (Lipinski definition) is 1. The van der Waals surface area contributed by atoms with Gasteiger partial charge in [0.25, 0.3) is 0 Å². The minimum atomic E-state index is 0. The third-order valence-corrected chi connectivity index (χ3v) is 6.71. The van der Waals surface area contributed by atoms with Crippen molar-refractivity contribution in [3.8, 4) is 5.75 Å². The van der Waals surface area contributed by atoms with Crippen LogP contribution in [0.3, 0.4) is 0 Å². The standard InChI is InChI=1S/C25H33N3O2.HI/c1-26-24(28-15-12-21(18-28)20-8-10-23(29-2)11-9-20)27-19-25(13-16-30-17-14-25)22-6-4-3-5-7-22;/h3-11,21H,12-19H2,1-2H3,(H,26,27);1H. The zero-order valence-corrected chi connectivity index (χ0v) is 20.9. The topological polar surface area (TPSA) is 46.1 Å². The lowest BCUT2D eigenvalue weighted by Gasteiger charge is -2.39. The van der Waals surface area contributed by atoms with E-state index in [-0.39, 0.29) is 29.4 Å². The molecule has 1 unspecified atom stereocenters. The number of guanidine groups is 1. The molecule has 0 bridgehead atoms. The van der Waals surface area contributed by atoms with Crippen molar-refractivity contribution in [1.82, 2.24) is 10.2 Å². The van der Waals surface area contributed by atoms with Gasteiger partial charge in [0, 0.05) is 51.2 Å². The molecule has 0 radical (unpaired) electrons. The first-order valence-corrected chi connectivity index (χ1v) is 11.0. The van der Waals surface area contributed by atoms with E-state index < -0.39 is 0 Å². The Hall–Kier alpha value is -1.80. The molecule has 2 aromatic carbocycles. The van der Waals surface area contributed by atoms with Crippen molar-refractivity contribution in [2.75, 3.05) is 47.0 Å². The molecule has 31 heavy (non-hydrogen) atoms. The molecule has 2 heterocycles. The predicted octanol–water partition coefficient (Wildman–Crippen LogP) is 4.43. The second kappa shape index (κ2) is 11.2. The van der Waals surface area contributed by atoms with Crippen molar-refractivity contribution in [2.24, 2.45) is 4.99 Å². The van der Waals surface area contributed by atoms with Gasteiger partial charge in [0.1, 0.15) is 5.75 Å². The van der Waals surface area contributed by atoms with Crippen LogP contribution in [0.5, 0.6) is 5.75 Å². The highest BCUT2D eigenvalue weighted by Gasteiger charge is 2.35. The lowest BCUT2D eigenvalue weighted by molar-refractivity contribution is 0.0512. The largest absolute Gasteiger partial charge is 0.497 e. The van der Waals surface area contributed by atoms with E-state index in [2.05, 4.69) is 69.8 Å². The fraction of sp³-hybridized carbons (Fsp3) is 0.480. The quantitative estimate of drug-likeness (QED) is 0.350. The van der Waals surface area contributed by atoms with E-state index >= 15 is 0 Å². The Balaban J connectivity index is 0.00000272. The summed E-state index contributed by atoms with van der Waals surface area (Å²) in [4.78, 5) is 7.01. The predicted molar refractivity (Wildman–Crippen MR) is 137 cm³/mol. The number of halogens is 1. The number of ether oxygens (including phenoxy) is 2. The van der Waals surface area contributed by atoms with E-state index in [1.165, 1.54) is 11.1 Å². The van der Waals surface area contributed by atoms with Crippen LogP contribution in [-0.4, -0.2) is 57.9 Å². The molecule has 6 heteroatoms. The van der Waals surface area contributed by atoms with Crippen molar-refractivity contribution in [3.05, 3.63) is 65.7 Å². The van der Waals surface area contributed by atoms with Crippen molar-refractivity contribution >= 4 is 29.9 Å². The van der Waals surface area contributed by atoms with Gasteiger partial charge < -0.3 is 19.7 Å². The molecule has 0 amide bonds. The second-order valence-corrected chi connectivity index (χ2v) is 8.36. The molecule has 168 valence electrons. The Morgan fingerprint density at radius 1 is 1.13 bits per heavy atom. The summed E-state index contributed by atoms with van der Waals surface area (Å²) in [5, 5.41) is 3.71. The van der Waals surface area contributed by atoms with E-state index in [1.807, 2.05) is 7.05 Å². The zero-order chi connectivity index (χ0) is 20.8. The molecule has 5 nitrogen and oxygen atoms in total. The number of hydrogen-bond acceptors (Lipinski definition) is 3. The molecular formula is C25H34IN3O2. The average Bonchev–Trinajstić information content (AvgIpc) is 3.31. The lowest BCUT2D eigenvalue weighted by atomic mass is 9.74. The summed E-state index contributed by atoms with van der Waals surface area (Å²) in [6.07, 6.45) is 3.22. The number of nitrogens with one attached hydrogen (secondary N) is 1. The highest BCUT2D eigenvalue weighted by atomic mass is 127. The van der Waals surface area contributed by atoms with Crippen molar-refractivity contribution in [1.29, 1.82) is 0 Å². The molecule has 0 aromatic heterocycles. The van der Waals surface area contributed by atoms with Crippen molar-refractivity contribution < 1.29 is 9.47 Å². The number of nitrogens with zero attached hydrogens (tertiary/aromatic N) is 2. The van der Waals surface area contributed by atoms with E-state index in [9.17, 15) is 0 Å². The van der Waals surface area contributed by atoms with Crippen LogP contribution in [0.25, 0.3) is 0 Å². The molecule has 0 aliphatic carbocycles. The Bertz CT molecular complexity index is 836. The molecular weight excluding hydrogens is 501 g/mol. The molecule has 0 spiro atoms. The second-order valence-electron chi connectivity index (χ2n) is 8.36. The van der Waals surface area contributed by atoms with E-state index in [0.29, 0.717) is 5.92 Å². The molecule has 4 rings (SSSR count). The summed E-state index contributed by atoms with van der Waals surface area (Å²) in [5.41, 5.74) is 2.87. The van der Waals surface area contributed by atoms with Gasteiger partial charge in [-0.15, -0.1) is 24.0 Å². The maximum Gasteiger partial charge on any atom is 0.193 e. The first-order chi connectivity index (χ1) is 14.7. The molecule has 1 N–H and O–H groups in total. The Morgan fingerprint density at radius 3 is 2.48 bits per heavy atom. The first kappa shape index (κ1) is 23.9. The van der Waals surface area contributed by atoms with Crippen LogP contribution in [0, 0.1) is 0 Å². The summed E-state index contributed by atoms with van der Waals surface area (Å²) in [6, 6.07) is 19.4. The first-order valence-electron chi connectivity index (χ1n) is 11.0. The van der Waals surface area contributed by atoms with E-state index in [1.54, 1.807) is 7.11 Å². The number of benzene rings is 2. The van der Waals surface area contributed by atoms with Gasteiger partial charge in [-0.1, -0.05) is 42.5 Å². The monoisotopic (exact) mass is 535 g/mol. The third kappa shape index (κ3) is 5.52. The fourth-order valence-corrected chi connectivity index (χ4v) is 4.80. The van der Waals surface area contributed by atoms with E-state index in [4.69, 9.17) is 9.47 Å². The van der Waals surface area contributed by atoms with Gasteiger partial charge in [-0.2, -0.15) is 0 Å². The Morgan fingerprint density at radius 2 is 1.84 bits per heavy atom. The zero-order valence-electron chi connectivity index (χ0n) is 18.5. The number of likely N-dealkylation sites (tertiary alicyclic amines) is 1. The summed E-state index contributed by atoms with van der Waals surface area (Å²) in [7, 11) is 3.60. The van der Waals surface area contributed by atoms with Crippen molar-refractivity contribution in [2.45, 2.75) is 30.6 Å². The molecule has 0 saturated carbocycles. The molecule has 2 aliphatic rings. The van der Waals surface area contributed by atoms with Crippen LogP contribution >= 0.6 is 24.0 Å². The Labute approximate surface area is 203 Å². The van der Waals surface area contributed by atoms with Crippen LogP contribution in [0.4, 0.5) is 0 Å². The van der Waals surface area contributed by atoms with Crippen LogP contribution in [0.15, 0.2) is 59.6 Å². The maximum absolute atomic E-state index is 5.68. The van der Waals surface area contributed by atoms with Crippen LogP contribution < -0.4 is 10.1 Å².